The Morgan fingerprint density at radius 1 is 1.67 bits per heavy atom. The van der Waals surface area contributed by atoms with E-state index in [0.29, 0.717) is 5.92 Å². The summed E-state index contributed by atoms with van der Waals surface area (Å²) in [6, 6.07) is 0. The average Bonchev–Trinajstić information content (AvgIpc) is 2.62. The lowest BCUT2D eigenvalue weighted by atomic mass is 9.80. The third-order valence-electron chi connectivity index (χ3n) is 3.11. The van der Waals surface area contributed by atoms with Crippen molar-refractivity contribution in [1.29, 1.82) is 0 Å². The molecule has 0 amide bonds. The maximum Gasteiger partial charge on any atom is 0.127 e. The smallest absolute Gasteiger partial charge is 0.127 e. The van der Waals surface area contributed by atoms with E-state index in [1.165, 1.54) is 5.57 Å². The second kappa shape index (κ2) is 2.33. The molecule has 0 aromatic rings. The van der Waals surface area contributed by atoms with Crippen LogP contribution in [0.5, 0.6) is 0 Å². The van der Waals surface area contributed by atoms with Crippen molar-refractivity contribution >= 4 is 0 Å². The quantitative estimate of drug-likeness (QED) is 0.475. The zero-order valence-corrected chi connectivity index (χ0v) is 7.87. The van der Waals surface area contributed by atoms with Crippen LogP contribution in [0, 0.1) is 5.92 Å². The predicted molar refractivity (Wildman–Crippen MR) is 46.8 cm³/mol. The van der Waals surface area contributed by atoms with Crippen LogP contribution in [0.25, 0.3) is 0 Å². The SMILES string of the molecule is CC1=C[C@@H](O)[C@@]2(C(C)C)O[C@H]2C1. The van der Waals surface area contributed by atoms with Crippen molar-refractivity contribution in [2.45, 2.75) is 45.0 Å². The second-order valence-electron chi connectivity index (χ2n) is 4.28. The molecule has 2 nitrogen and oxygen atoms in total. The molecule has 0 radical (unpaired) electrons. The standard InChI is InChI=1S/C10H16O2/c1-6(2)10-8(11)4-7(3)5-9(10)12-10/h4,6,8-9,11H,5H2,1-3H3/t8-,9+,10-/m1/s1. The Bertz CT molecular complexity index is 232. The molecule has 0 saturated carbocycles. The fraction of sp³-hybridized carbons (Fsp3) is 0.800. The van der Waals surface area contributed by atoms with Gasteiger partial charge in [-0.1, -0.05) is 25.5 Å². The van der Waals surface area contributed by atoms with E-state index in [1.54, 1.807) is 0 Å². The summed E-state index contributed by atoms with van der Waals surface area (Å²) in [4.78, 5) is 0. The summed E-state index contributed by atoms with van der Waals surface area (Å²) in [5.74, 6) is 0.404. The molecular formula is C10H16O2. The topological polar surface area (TPSA) is 32.8 Å². The van der Waals surface area contributed by atoms with Gasteiger partial charge in [0.05, 0.1) is 6.10 Å². The van der Waals surface area contributed by atoms with Gasteiger partial charge in [0.25, 0.3) is 0 Å². The molecule has 1 fully saturated rings. The number of aliphatic hydroxyl groups excluding tert-OH is 1. The zero-order chi connectivity index (χ0) is 8.93. The van der Waals surface area contributed by atoms with Crippen LogP contribution in [0.4, 0.5) is 0 Å². The highest BCUT2D eigenvalue weighted by Crippen LogP contribution is 2.51. The summed E-state index contributed by atoms with van der Waals surface area (Å²) in [5, 5.41) is 9.81. The number of fused-ring (bicyclic) bond motifs is 1. The Balaban J connectivity index is 2.24. The highest BCUT2D eigenvalue weighted by atomic mass is 16.6. The van der Waals surface area contributed by atoms with E-state index in [1.807, 2.05) is 6.08 Å². The van der Waals surface area contributed by atoms with Crippen molar-refractivity contribution < 1.29 is 9.84 Å². The van der Waals surface area contributed by atoms with Gasteiger partial charge in [-0.05, 0) is 19.3 Å². The van der Waals surface area contributed by atoms with Crippen molar-refractivity contribution in [3.05, 3.63) is 11.6 Å². The van der Waals surface area contributed by atoms with Crippen LogP contribution < -0.4 is 0 Å². The lowest BCUT2D eigenvalue weighted by Gasteiger charge is -2.24. The van der Waals surface area contributed by atoms with E-state index in [-0.39, 0.29) is 11.7 Å². The number of hydrogen-bond donors (Lipinski definition) is 1. The van der Waals surface area contributed by atoms with Crippen LogP contribution in [-0.2, 0) is 4.74 Å². The van der Waals surface area contributed by atoms with Gasteiger partial charge in [0, 0.05) is 0 Å². The monoisotopic (exact) mass is 168 g/mol. The number of aliphatic hydroxyl groups is 1. The molecule has 1 heterocycles. The van der Waals surface area contributed by atoms with Crippen LogP contribution in [-0.4, -0.2) is 22.9 Å². The Kier molecular flexibility index (Phi) is 1.61. The second-order valence-corrected chi connectivity index (χ2v) is 4.28. The van der Waals surface area contributed by atoms with Gasteiger partial charge in [-0.2, -0.15) is 0 Å². The van der Waals surface area contributed by atoms with Crippen molar-refractivity contribution in [3.8, 4) is 0 Å². The molecule has 0 unspecified atom stereocenters. The van der Waals surface area contributed by atoms with Gasteiger partial charge >= 0.3 is 0 Å². The minimum atomic E-state index is -0.392. The van der Waals surface area contributed by atoms with E-state index in [0.717, 1.165) is 6.42 Å². The van der Waals surface area contributed by atoms with Crippen molar-refractivity contribution in [2.24, 2.45) is 5.92 Å². The molecule has 2 rings (SSSR count). The van der Waals surface area contributed by atoms with Gasteiger partial charge < -0.3 is 9.84 Å². The number of ether oxygens (including phenoxy) is 1. The molecule has 68 valence electrons. The molecule has 0 aromatic carbocycles. The molecule has 1 N–H and O–H groups in total. The molecule has 3 atom stereocenters. The summed E-state index contributed by atoms with van der Waals surface area (Å²) in [5.41, 5.74) is 1.01. The third-order valence-corrected chi connectivity index (χ3v) is 3.11. The number of rotatable bonds is 1. The highest BCUT2D eigenvalue weighted by molar-refractivity contribution is 5.25. The number of epoxide rings is 1. The molecule has 2 aliphatic rings. The summed E-state index contributed by atoms with van der Waals surface area (Å²) in [6.07, 6.45) is 2.81. The van der Waals surface area contributed by atoms with Gasteiger partial charge in [0.2, 0.25) is 0 Å². The third kappa shape index (κ3) is 0.882. The highest BCUT2D eigenvalue weighted by Gasteiger charge is 2.63. The normalized spacial score (nSPS) is 45.6. The largest absolute Gasteiger partial charge is 0.386 e. The van der Waals surface area contributed by atoms with Crippen LogP contribution in [0.2, 0.25) is 0 Å². The molecule has 1 saturated heterocycles. The van der Waals surface area contributed by atoms with Crippen molar-refractivity contribution in [2.75, 3.05) is 0 Å². The van der Waals surface area contributed by atoms with Gasteiger partial charge in [-0.25, -0.2) is 0 Å². The lowest BCUT2D eigenvalue weighted by Crippen LogP contribution is -2.38. The Morgan fingerprint density at radius 3 is 2.83 bits per heavy atom. The average molecular weight is 168 g/mol. The zero-order valence-electron chi connectivity index (χ0n) is 7.87. The van der Waals surface area contributed by atoms with Gasteiger partial charge in [0.15, 0.2) is 0 Å². The lowest BCUT2D eigenvalue weighted by molar-refractivity contribution is 0.0804. The minimum absolute atomic E-state index is 0.237. The van der Waals surface area contributed by atoms with Crippen molar-refractivity contribution in [3.63, 3.8) is 0 Å². The van der Waals surface area contributed by atoms with Gasteiger partial charge in [-0.3, -0.25) is 0 Å². The Hall–Kier alpha value is -0.340. The summed E-state index contributed by atoms with van der Waals surface area (Å²) in [7, 11) is 0. The first-order valence-electron chi connectivity index (χ1n) is 4.60. The van der Waals surface area contributed by atoms with Crippen LogP contribution in [0.1, 0.15) is 27.2 Å². The summed E-state index contributed by atoms with van der Waals surface area (Å²) < 4.78 is 5.61. The molecule has 0 bridgehead atoms. The van der Waals surface area contributed by atoms with E-state index in [4.69, 9.17) is 4.74 Å². The van der Waals surface area contributed by atoms with Crippen LogP contribution in [0.3, 0.4) is 0 Å². The fourth-order valence-corrected chi connectivity index (χ4v) is 2.28. The maximum atomic E-state index is 9.81. The molecule has 12 heavy (non-hydrogen) atoms. The van der Waals surface area contributed by atoms with E-state index < -0.39 is 6.10 Å². The van der Waals surface area contributed by atoms with E-state index >= 15 is 0 Å². The first-order chi connectivity index (χ1) is 5.57. The molecule has 1 aliphatic carbocycles. The predicted octanol–water partition coefficient (Wildman–Crippen LogP) is 1.49. The Morgan fingerprint density at radius 2 is 2.33 bits per heavy atom. The number of hydrogen-bond acceptors (Lipinski definition) is 2. The minimum Gasteiger partial charge on any atom is -0.386 e. The van der Waals surface area contributed by atoms with Crippen LogP contribution >= 0.6 is 0 Å². The maximum absolute atomic E-state index is 9.81. The molecule has 1 aliphatic heterocycles. The van der Waals surface area contributed by atoms with E-state index in [9.17, 15) is 5.11 Å². The summed E-state index contributed by atoms with van der Waals surface area (Å²) in [6.45, 7) is 6.27. The first-order valence-corrected chi connectivity index (χ1v) is 4.60. The molecular weight excluding hydrogens is 152 g/mol. The molecule has 2 heteroatoms. The summed E-state index contributed by atoms with van der Waals surface area (Å²) >= 11 is 0. The van der Waals surface area contributed by atoms with Gasteiger partial charge in [0.1, 0.15) is 11.7 Å². The first kappa shape index (κ1) is 8.27. The molecule has 0 aromatic heterocycles. The van der Waals surface area contributed by atoms with Crippen LogP contribution in [0.15, 0.2) is 11.6 Å². The van der Waals surface area contributed by atoms with Crippen molar-refractivity contribution in [1.82, 2.24) is 0 Å². The van der Waals surface area contributed by atoms with E-state index in [2.05, 4.69) is 20.8 Å². The molecule has 0 spiro atoms. The fourth-order valence-electron chi connectivity index (χ4n) is 2.28. The van der Waals surface area contributed by atoms with Gasteiger partial charge in [-0.15, -0.1) is 0 Å². The Labute approximate surface area is 73.2 Å².